The standard InChI is InChI=1S/C34H26BrN5/c1-18-7-10-24-27(13-18)23-11-9-22(36-16-20-17-37-29-12-8-21(35)14-26(20)29)15-28(23)33-32(24)39-34(40-33)31-19(2)38-30-6-4-3-5-25(30)31/h3-6,8-18,37-38H,7H2,1-2H3,(H,39,40)/b36-16+. The van der Waals surface area contributed by atoms with E-state index in [1.165, 1.54) is 21.2 Å². The van der Waals surface area contributed by atoms with Gasteiger partial charge >= 0.3 is 0 Å². The van der Waals surface area contributed by atoms with Crippen LogP contribution in [0.4, 0.5) is 5.69 Å². The second kappa shape index (κ2) is 8.80. The summed E-state index contributed by atoms with van der Waals surface area (Å²) in [5, 5.41) is 7.18. The Labute approximate surface area is 238 Å². The summed E-state index contributed by atoms with van der Waals surface area (Å²) in [6.07, 6.45) is 9.72. The van der Waals surface area contributed by atoms with Crippen LogP contribution in [0.5, 0.6) is 0 Å². The van der Waals surface area contributed by atoms with Crippen molar-refractivity contribution in [2.75, 3.05) is 0 Å². The Bertz CT molecular complexity index is 2300. The number of nitrogens with one attached hydrogen (secondary N) is 3. The van der Waals surface area contributed by atoms with Crippen molar-refractivity contribution in [2.24, 2.45) is 10.9 Å². The van der Waals surface area contributed by atoms with E-state index in [1.807, 2.05) is 18.5 Å². The molecule has 0 radical (unpaired) electrons. The van der Waals surface area contributed by atoms with Gasteiger partial charge in [-0.3, -0.25) is 4.99 Å². The Hall–Kier alpha value is -4.42. The molecule has 0 saturated heterocycles. The first-order valence-corrected chi connectivity index (χ1v) is 14.4. The van der Waals surface area contributed by atoms with Gasteiger partial charge in [-0.15, -0.1) is 0 Å². The van der Waals surface area contributed by atoms with Gasteiger partial charge in [-0.2, -0.15) is 0 Å². The van der Waals surface area contributed by atoms with Gasteiger partial charge in [0.25, 0.3) is 0 Å². The number of para-hydroxylation sites is 1. The zero-order valence-electron chi connectivity index (χ0n) is 22.1. The van der Waals surface area contributed by atoms with E-state index in [0.717, 1.165) is 72.1 Å². The third kappa shape index (κ3) is 3.59. The topological polar surface area (TPSA) is 72.6 Å². The van der Waals surface area contributed by atoms with Crippen LogP contribution in [0.25, 0.3) is 67.2 Å². The summed E-state index contributed by atoms with van der Waals surface area (Å²) in [6, 6.07) is 21.2. The van der Waals surface area contributed by atoms with Gasteiger partial charge < -0.3 is 15.0 Å². The molecule has 4 aromatic carbocycles. The molecule has 7 aromatic rings. The zero-order chi connectivity index (χ0) is 27.0. The highest BCUT2D eigenvalue weighted by molar-refractivity contribution is 9.10. The Morgan fingerprint density at radius 3 is 2.75 bits per heavy atom. The van der Waals surface area contributed by atoms with Crippen LogP contribution in [0.3, 0.4) is 0 Å². The van der Waals surface area contributed by atoms with Crippen LogP contribution in [-0.2, 0) is 0 Å². The van der Waals surface area contributed by atoms with Crippen molar-refractivity contribution in [3.8, 4) is 11.4 Å². The lowest BCUT2D eigenvalue weighted by molar-refractivity contribution is 0.802. The summed E-state index contributed by atoms with van der Waals surface area (Å²) in [5.41, 5.74) is 8.49. The fraction of sp³-hybridized carbons (Fsp3) is 0.118. The molecule has 3 heterocycles. The molecule has 0 spiro atoms. The van der Waals surface area contributed by atoms with Gasteiger partial charge in [0.1, 0.15) is 5.82 Å². The van der Waals surface area contributed by atoms with Gasteiger partial charge in [0.15, 0.2) is 0 Å². The number of fused-ring (bicyclic) bond motifs is 8. The van der Waals surface area contributed by atoms with Crippen LogP contribution in [0.1, 0.15) is 24.6 Å². The molecule has 5 nitrogen and oxygen atoms in total. The first-order valence-electron chi connectivity index (χ1n) is 13.6. The van der Waals surface area contributed by atoms with Crippen molar-refractivity contribution in [2.45, 2.75) is 20.3 Å². The average Bonchev–Trinajstić information content (AvgIpc) is 3.66. The molecular weight excluding hydrogens is 558 g/mol. The van der Waals surface area contributed by atoms with E-state index in [4.69, 9.17) is 9.98 Å². The van der Waals surface area contributed by atoms with Crippen molar-refractivity contribution in [3.05, 3.63) is 93.0 Å². The van der Waals surface area contributed by atoms with E-state index in [-0.39, 0.29) is 0 Å². The smallest absolute Gasteiger partial charge is 0.140 e. The molecule has 8 rings (SSSR count). The number of aromatic nitrogens is 4. The first-order chi connectivity index (χ1) is 19.5. The molecular formula is C34H26BrN5. The number of aromatic amines is 3. The minimum absolute atomic E-state index is 0.487. The van der Waals surface area contributed by atoms with E-state index in [1.54, 1.807) is 0 Å². The molecule has 1 aliphatic carbocycles. The van der Waals surface area contributed by atoms with Crippen LogP contribution < -0.4 is 10.4 Å². The molecule has 3 N–H and O–H groups in total. The van der Waals surface area contributed by atoms with Crippen molar-refractivity contribution >= 4 is 83.6 Å². The lowest BCUT2D eigenvalue weighted by Crippen LogP contribution is -2.30. The second-order valence-electron chi connectivity index (χ2n) is 10.8. The monoisotopic (exact) mass is 583 g/mol. The van der Waals surface area contributed by atoms with Crippen molar-refractivity contribution in [1.82, 2.24) is 19.9 Å². The number of rotatable bonds is 3. The fourth-order valence-electron chi connectivity index (χ4n) is 6.20. The van der Waals surface area contributed by atoms with Crippen LogP contribution in [0, 0.1) is 12.8 Å². The molecule has 40 heavy (non-hydrogen) atoms. The maximum absolute atomic E-state index is 5.24. The molecule has 6 heteroatoms. The predicted octanol–water partition coefficient (Wildman–Crippen LogP) is 7.77. The van der Waals surface area contributed by atoms with E-state index >= 15 is 0 Å². The van der Waals surface area contributed by atoms with Crippen LogP contribution in [0.15, 0.2) is 76.3 Å². The predicted molar refractivity (Wildman–Crippen MR) is 171 cm³/mol. The zero-order valence-corrected chi connectivity index (χ0v) is 23.7. The number of hydrogen-bond acceptors (Lipinski definition) is 2. The second-order valence-corrected chi connectivity index (χ2v) is 11.7. The van der Waals surface area contributed by atoms with E-state index < -0.39 is 0 Å². The van der Waals surface area contributed by atoms with Crippen LogP contribution in [0.2, 0.25) is 0 Å². The third-order valence-corrected chi connectivity index (χ3v) is 8.61. The molecule has 0 saturated carbocycles. The summed E-state index contributed by atoms with van der Waals surface area (Å²) in [7, 11) is 0. The quantitative estimate of drug-likeness (QED) is 0.183. The molecule has 1 unspecified atom stereocenters. The van der Waals surface area contributed by atoms with Gasteiger partial charge in [-0.1, -0.05) is 59.3 Å². The summed E-state index contributed by atoms with van der Waals surface area (Å²) >= 11 is 3.59. The number of hydrogen-bond donors (Lipinski definition) is 3. The molecule has 0 amide bonds. The van der Waals surface area contributed by atoms with Crippen molar-refractivity contribution in [3.63, 3.8) is 0 Å². The highest BCUT2D eigenvalue weighted by Crippen LogP contribution is 2.33. The highest BCUT2D eigenvalue weighted by Gasteiger charge is 2.18. The largest absolute Gasteiger partial charge is 0.361 e. The number of nitrogens with zero attached hydrogens (tertiary/aromatic N) is 2. The minimum atomic E-state index is 0.487. The van der Waals surface area contributed by atoms with Gasteiger partial charge in [0.05, 0.1) is 16.7 Å². The van der Waals surface area contributed by atoms with Crippen LogP contribution in [-0.4, -0.2) is 26.2 Å². The normalized spacial score (nSPS) is 15.3. The number of H-pyrrole nitrogens is 3. The molecule has 1 aliphatic rings. The van der Waals surface area contributed by atoms with E-state index in [0.29, 0.717) is 5.92 Å². The molecule has 194 valence electrons. The Balaban J connectivity index is 1.35. The van der Waals surface area contributed by atoms with Gasteiger partial charge in [0.2, 0.25) is 0 Å². The molecule has 3 aromatic heterocycles. The van der Waals surface area contributed by atoms with Crippen molar-refractivity contribution < 1.29 is 0 Å². The number of benzene rings is 4. The Morgan fingerprint density at radius 1 is 0.925 bits per heavy atom. The summed E-state index contributed by atoms with van der Waals surface area (Å²) in [4.78, 5) is 20.8. The lowest BCUT2D eigenvalue weighted by atomic mass is 9.94. The summed E-state index contributed by atoms with van der Waals surface area (Å²) in [6.45, 7) is 4.40. The highest BCUT2D eigenvalue weighted by atomic mass is 79.9. The maximum atomic E-state index is 5.24. The van der Waals surface area contributed by atoms with Gasteiger partial charge in [-0.25, -0.2) is 4.98 Å². The summed E-state index contributed by atoms with van der Waals surface area (Å²) < 4.78 is 1.05. The van der Waals surface area contributed by atoms with Crippen molar-refractivity contribution in [1.29, 1.82) is 0 Å². The number of aliphatic imine (C=N–C) groups is 1. The SMILES string of the molecule is Cc1[nH]c2ccccc2c1-c1nc2c3c(c4ccc(/N=C/c5c[nH]c6ccc(Br)cc56)cc4c2[nH]1)=CC(C)CC=3. The van der Waals surface area contributed by atoms with E-state index in [9.17, 15) is 0 Å². The first kappa shape index (κ1) is 23.5. The number of imidazole rings is 1. The minimum Gasteiger partial charge on any atom is -0.361 e. The molecule has 0 bridgehead atoms. The Kier molecular flexibility index (Phi) is 5.16. The molecule has 0 aliphatic heterocycles. The molecule has 1 atom stereocenters. The van der Waals surface area contributed by atoms with E-state index in [2.05, 4.69) is 111 Å². The molecule has 0 fully saturated rings. The average molecular weight is 585 g/mol. The number of halogens is 1. The number of aryl methyl sites for hydroxylation is 1. The van der Waals surface area contributed by atoms with Gasteiger partial charge in [-0.05, 0) is 66.3 Å². The Morgan fingerprint density at radius 2 is 1.82 bits per heavy atom. The van der Waals surface area contributed by atoms with Gasteiger partial charge in [0, 0.05) is 66.1 Å². The third-order valence-electron chi connectivity index (χ3n) is 8.12. The van der Waals surface area contributed by atoms with Crippen LogP contribution >= 0.6 is 15.9 Å². The summed E-state index contributed by atoms with van der Waals surface area (Å²) in [5.74, 6) is 1.38. The maximum Gasteiger partial charge on any atom is 0.140 e. The lowest BCUT2D eigenvalue weighted by Gasteiger charge is -2.11. The fourth-order valence-corrected chi connectivity index (χ4v) is 6.56.